The predicted molar refractivity (Wildman–Crippen MR) is 53.2 cm³/mol. The molecule has 74 valence electrons. The van der Waals surface area contributed by atoms with Gasteiger partial charge in [0.25, 0.3) is 6.43 Å². The molecule has 0 aliphatic heterocycles. The van der Waals surface area contributed by atoms with Gasteiger partial charge in [0, 0.05) is 0 Å². The number of nitriles is 1. The van der Waals surface area contributed by atoms with Crippen LogP contribution in [0.3, 0.4) is 0 Å². The summed E-state index contributed by atoms with van der Waals surface area (Å²) in [7, 11) is 1.36. The quantitative estimate of drug-likeness (QED) is 0.789. The normalized spacial score (nSPS) is 10.0. The first-order valence-electron chi connectivity index (χ1n) is 3.52. The fourth-order valence-electron chi connectivity index (χ4n) is 0.917. The van der Waals surface area contributed by atoms with Gasteiger partial charge in [0.15, 0.2) is 11.4 Å². The summed E-state index contributed by atoms with van der Waals surface area (Å²) < 4.78 is 30.1. The standard InChI is InChI=1S/C8H5F2IN2O/c1-14-5-3-13-4(2-12)6(7(5)11)8(9)10/h3,8H,1H3. The summed E-state index contributed by atoms with van der Waals surface area (Å²) in [5, 5.41) is 8.57. The Morgan fingerprint density at radius 1 is 1.64 bits per heavy atom. The van der Waals surface area contributed by atoms with Crippen LogP contribution in [0.1, 0.15) is 17.7 Å². The van der Waals surface area contributed by atoms with Crippen molar-refractivity contribution in [2.24, 2.45) is 0 Å². The molecule has 6 heteroatoms. The summed E-state index contributed by atoms with van der Waals surface area (Å²) in [4.78, 5) is 3.58. The lowest BCUT2D eigenvalue weighted by Gasteiger charge is -2.08. The minimum Gasteiger partial charge on any atom is -0.494 e. The molecule has 0 spiro atoms. The maximum Gasteiger partial charge on any atom is 0.267 e. The first-order valence-corrected chi connectivity index (χ1v) is 4.60. The van der Waals surface area contributed by atoms with Crippen LogP contribution in [-0.2, 0) is 0 Å². The van der Waals surface area contributed by atoms with Crippen molar-refractivity contribution >= 4 is 22.6 Å². The van der Waals surface area contributed by atoms with E-state index in [0.717, 1.165) is 0 Å². The van der Waals surface area contributed by atoms with Crippen molar-refractivity contribution in [2.75, 3.05) is 7.11 Å². The number of pyridine rings is 1. The molecule has 0 aliphatic carbocycles. The van der Waals surface area contributed by atoms with Gasteiger partial charge in [-0.15, -0.1) is 0 Å². The highest BCUT2D eigenvalue weighted by Crippen LogP contribution is 2.32. The number of ether oxygens (including phenoxy) is 1. The van der Waals surface area contributed by atoms with Crippen LogP contribution in [0.2, 0.25) is 0 Å². The maximum atomic E-state index is 12.5. The second-order valence-electron chi connectivity index (χ2n) is 2.32. The number of nitrogens with zero attached hydrogens (tertiary/aromatic N) is 2. The Balaban J connectivity index is 3.41. The minimum absolute atomic E-state index is 0.228. The summed E-state index contributed by atoms with van der Waals surface area (Å²) in [6, 6.07) is 1.62. The van der Waals surface area contributed by atoms with E-state index in [1.54, 1.807) is 28.7 Å². The van der Waals surface area contributed by atoms with E-state index >= 15 is 0 Å². The van der Waals surface area contributed by atoms with Crippen LogP contribution in [-0.4, -0.2) is 12.1 Å². The highest BCUT2D eigenvalue weighted by molar-refractivity contribution is 14.1. The molecule has 3 nitrogen and oxygen atoms in total. The van der Waals surface area contributed by atoms with Gasteiger partial charge in [-0.3, -0.25) is 0 Å². The van der Waals surface area contributed by atoms with E-state index in [0.29, 0.717) is 0 Å². The van der Waals surface area contributed by atoms with Crippen molar-refractivity contribution in [2.45, 2.75) is 6.43 Å². The second-order valence-corrected chi connectivity index (χ2v) is 3.39. The number of hydrogen-bond acceptors (Lipinski definition) is 3. The molecule has 14 heavy (non-hydrogen) atoms. The van der Waals surface area contributed by atoms with Crippen LogP contribution in [0.5, 0.6) is 5.75 Å². The molecule has 1 rings (SSSR count). The van der Waals surface area contributed by atoms with Gasteiger partial charge in [-0.05, 0) is 22.6 Å². The molecule has 0 atom stereocenters. The van der Waals surface area contributed by atoms with Gasteiger partial charge in [-0.2, -0.15) is 5.26 Å². The summed E-state index contributed by atoms with van der Waals surface area (Å²) in [6.07, 6.45) is -1.47. The Labute approximate surface area is 92.8 Å². The van der Waals surface area contributed by atoms with Gasteiger partial charge in [-0.25, -0.2) is 13.8 Å². The van der Waals surface area contributed by atoms with E-state index in [9.17, 15) is 8.78 Å². The van der Waals surface area contributed by atoms with E-state index < -0.39 is 6.43 Å². The molecule has 1 aromatic heterocycles. The molecular formula is C8H5F2IN2O. The van der Waals surface area contributed by atoms with Crippen molar-refractivity contribution < 1.29 is 13.5 Å². The Hall–Kier alpha value is -0.970. The molecule has 1 heterocycles. The number of methoxy groups -OCH3 is 1. The molecule has 0 fully saturated rings. The number of hydrogen-bond donors (Lipinski definition) is 0. The molecule has 0 saturated heterocycles. The lowest BCUT2D eigenvalue weighted by Crippen LogP contribution is -2.00. The van der Waals surface area contributed by atoms with Gasteiger partial charge >= 0.3 is 0 Å². The zero-order valence-electron chi connectivity index (χ0n) is 7.09. The first-order chi connectivity index (χ1) is 6.61. The summed E-state index contributed by atoms with van der Waals surface area (Å²) in [6.45, 7) is 0. The van der Waals surface area contributed by atoms with Gasteiger partial charge in [0.2, 0.25) is 0 Å². The molecule has 0 saturated carbocycles. The molecule has 0 amide bonds. The van der Waals surface area contributed by atoms with Crippen molar-refractivity contribution in [1.29, 1.82) is 5.26 Å². The Morgan fingerprint density at radius 3 is 2.71 bits per heavy atom. The van der Waals surface area contributed by atoms with Crippen LogP contribution in [0.25, 0.3) is 0 Å². The minimum atomic E-state index is -2.72. The van der Waals surface area contributed by atoms with Gasteiger partial charge in [-0.1, -0.05) is 0 Å². The summed E-state index contributed by atoms with van der Waals surface area (Å²) in [5.41, 5.74) is -0.627. The highest BCUT2D eigenvalue weighted by atomic mass is 127. The molecule has 0 bridgehead atoms. The fourth-order valence-corrected chi connectivity index (χ4v) is 1.77. The smallest absolute Gasteiger partial charge is 0.267 e. The largest absolute Gasteiger partial charge is 0.494 e. The third kappa shape index (κ3) is 1.92. The monoisotopic (exact) mass is 310 g/mol. The van der Waals surface area contributed by atoms with Crippen LogP contribution >= 0.6 is 22.6 Å². The van der Waals surface area contributed by atoms with Gasteiger partial charge < -0.3 is 4.74 Å². The van der Waals surface area contributed by atoms with Gasteiger partial charge in [0.1, 0.15) is 6.07 Å². The molecule has 0 aliphatic rings. The topological polar surface area (TPSA) is 45.9 Å². The SMILES string of the molecule is COc1cnc(C#N)c(C(F)F)c1I. The van der Waals surface area contributed by atoms with Crippen LogP contribution in [0.15, 0.2) is 6.20 Å². The molecule has 0 N–H and O–H groups in total. The van der Waals surface area contributed by atoms with Crippen molar-refractivity contribution in [3.8, 4) is 11.8 Å². The zero-order valence-corrected chi connectivity index (χ0v) is 9.25. The van der Waals surface area contributed by atoms with Crippen molar-refractivity contribution in [3.63, 3.8) is 0 Å². The molecule has 0 unspecified atom stereocenters. The lowest BCUT2D eigenvalue weighted by molar-refractivity contribution is 0.149. The lowest BCUT2D eigenvalue weighted by atomic mass is 10.2. The maximum absolute atomic E-state index is 12.5. The predicted octanol–water partition coefficient (Wildman–Crippen LogP) is 2.50. The molecule has 0 aromatic carbocycles. The molecular weight excluding hydrogens is 305 g/mol. The first kappa shape index (κ1) is 11.1. The van der Waals surface area contributed by atoms with Crippen LogP contribution in [0, 0.1) is 14.9 Å². The van der Waals surface area contributed by atoms with E-state index in [2.05, 4.69) is 4.98 Å². The molecule has 1 aromatic rings. The zero-order chi connectivity index (χ0) is 10.7. The van der Waals surface area contributed by atoms with Crippen LogP contribution in [0.4, 0.5) is 8.78 Å². The Kier molecular flexibility index (Phi) is 3.57. The van der Waals surface area contributed by atoms with Crippen LogP contribution < -0.4 is 4.74 Å². The van der Waals surface area contributed by atoms with Crippen molar-refractivity contribution in [3.05, 3.63) is 21.0 Å². The highest BCUT2D eigenvalue weighted by Gasteiger charge is 2.21. The fraction of sp³-hybridized carbons (Fsp3) is 0.250. The van der Waals surface area contributed by atoms with E-state index in [1.807, 2.05) is 0 Å². The summed E-state index contributed by atoms with van der Waals surface area (Å²) in [5.74, 6) is 0.250. The third-order valence-corrected chi connectivity index (χ3v) is 2.68. The van der Waals surface area contributed by atoms with E-state index in [-0.39, 0.29) is 20.6 Å². The Bertz CT molecular complexity index is 390. The van der Waals surface area contributed by atoms with E-state index in [1.165, 1.54) is 13.3 Å². The molecule has 0 radical (unpaired) electrons. The number of rotatable bonds is 2. The average Bonchev–Trinajstić information content (AvgIpc) is 2.16. The van der Waals surface area contributed by atoms with E-state index in [4.69, 9.17) is 10.00 Å². The third-order valence-electron chi connectivity index (χ3n) is 1.56. The summed E-state index contributed by atoms with van der Waals surface area (Å²) >= 11 is 1.71. The van der Waals surface area contributed by atoms with Crippen molar-refractivity contribution in [1.82, 2.24) is 4.98 Å². The number of alkyl halides is 2. The number of aromatic nitrogens is 1. The number of halogens is 3. The second kappa shape index (κ2) is 4.50. The van der Waals surface area contributed by atoms with Gasteiger partial charge in [0.05, 0.1) is 22.4 Å². The Morgan fingerprint density at radius 2 is 2.29 bits per heavy atom. The average molecular weight is 310 g/mol.